The molecule has 1 fully saturated rings. The van der Waals surface area contributed by atoms with Crippen molar-refractivity contribution in [3.8, 4) is 16.9 Å². The fraction of sp³-hybridized carbons (Fsp3) is 0.235. The molecule has 4 heteroatoms. The van der Waals surface area contributed by atoms with Gasteiger partial charge in [0, 0.05) is 0 Å². The number of ether oxygens (including phenoxy) is 1. The van der Waals surface area contributed by atoms with E-state index in [1.54, 1.807) is 30.6 Å². The lowest BCUT2D eigenvalue weighted by atomic mass is 9.98. The maximum atomic E-state index is 13.2. The van der Waals surface area contributed by atoms with E-state index in [1.165, 1.54) is 30.5 Å². The molecule has 0 aliphatic heterocycles. The van der Waals surface area contributed by atoms with E-state index in [1.807, 2.05) is 5.51 Å². The number of rotatable bonds is 3. The molecule has 0 atom stereocenters. The van der Waals surface area contributed by atoms with E-state index in [-0.39, 0.29) is 5.82 Å². The van der Waals surface area contributed by atoms with Crippen LogP contribution in [-0.4, -0.2) is 12.1 Å². The van der Waals surface area contributed by atoms with E-state index < -0.39 is 0 Å². The number of aromatic nitrogens is 1. The van der Waals surface area contributed by atoms with E-state index in [0.29, 0.717) is 5.92 Å². The Morgan fingerprint density at radius 2 is 2.00 bits per heavy atom. The summed E-state index contributed by atoms with van der Waals surface area (Å²) in [6.07, 6.45) is 2.42. The zero-order valence-electron chi connectivity index (χ0n) is 11.6. The van der Waals surface area contributed by atoms with Gasteiger partial charge >= 0.3 is 0 Å². The number of halogens is 1. The third kappa shape index (κ3) is 2.10. The Morgan fingerprint density at radius 1 is 1.24 bits per heavy atom. The molecule has 2 aromatic carbocycles. The number of fused-ring (bicyclic) bond motifs is 1. The summed E-state index contributed by atoms with van der Waals surface area (Å²) >= 11 is 1.64. The summed E-state index contributed by atoms with van der Waals surface area (Å²) in [5.41, 5.74) is 5.99. The topological polar surface area (TPSA) is 22.1 Å². The van der Waals surface area contributed by atoms with E-state index in [4.69, 9.17) is 4.74 Å². The molecule has 106 valence electrons. The van der Waals surface area contributed by atoms with Gasteiger partial charge in [0.05, 0.1) is 28.4 Å². The second-order valence-corrected chi connectivity index (χ2v) is 6.24. The van der Waals surface area contributed by atoms with Crippen LogP contribution in [0.5, 0.6) is 5.75 Å². The van der Waals surface area contributed by atoms with Gasteiger partial charge in [0.25, 0.3) is 0 Å². The summed E-state index contributed by atoms with van der Waals surface area (Å²) in [5.74, 6) is 1.25. The van der Waals surface area contributed by atoms with Crippen molar-refractivity contribution in [2.45, 2.75) is 18.8 Å². The van der Waals surface area contributed by atoms with Gasteiger partial charge in [0.1, 0.15) is 11.6 Å². The monoisotopic (exact) mass is 299 g/mol. The highest BCUT2D eigenvalue weighted by Gasteiger charge is 2.30. The van der Waals surface area contributed by atoms with Crippen molar-refractivity contribution in [2.75, 3.05) is 7.11 Å². The van der Waals surface area contributed by atoms with Crippen LogP contribution in [0.25, 0.3) is 21.3 Å². The Morgan fingerprint density at radius 3 is 2.67 bits per heavy atom. The SMILES string of the molecule is COc1c(C2CC2)cc2scnc2c1-c1ccc(F)cc1. The molecular formula is C17H14FNOS. The van der Waals surface area contributed by atoms with Crippen LogP contribution in [0.4, 0.5) is 4.39 Å². The quantitative estimate of drug-likeness (QED) is 0.680. The van der Waals surface area contributed by atoms with Gasteiger partial charge in [-0.1, -0.05) is 12.1 Å². The second kappa shape index (κ2) is 4.81. The van der Waals surface area contributed by atoms with E-state index in [2.05, 4.69) is 11.1 Å². The van der Waals surface area contributed by atoms with Crippen molar-refractivity contribution in [3.63, 3.8) is 0 Å². The maximum absolute atomic E-state index is 13.2. The average Bonchev–Trinajstić information content (AvgIpc) is 3.24. The summed E-state index contributed by atoms with van der Waals surface area (Å²) in [5, 5.41) is 0. The first kappa shape index (κ1) is 12.8. The predicted molar refractivity (Wildman–Crippen MR) is 83.5 cm³/mol. The maximum Gasteiger partial charge on any atom is 0.132 e. The first-order valence-electron chi connectivity index (χ1n) is 6.98. The fourth-order valence-electron chi connectivity index (χ4n) is 2.81. The summed E-state index contributed by atoms with van der Waals surface area (Å²) in [7, 11) is 1.70. The van der Waals surface area contributed by atoms with Crippen LogP contribution in [0.2, 0.25) is 0 Å². The molecule has 1 heterocycles. The van der Waals surface area contributed by atoms with Gasteiger partial charge < -0.3 is 4.74 Å². The van der Waals surface area contributed by atoms with Crippen molar-refractivity contribution in [3.05, 3.63) is 47.2 Å². The molecule has 0 amide bonds. The normalized spacial score (nSPS) is 14.6. The molecule has 3 aromatic rings. The first-order valence-corrected chi connectivity index (χ1v) is 7.86. The molecule has 1 saturated carbocycles. The standard InChI is InChI=1S/C17H14FNOS/c1-20-17-13(10-2-3-10)8-14-16(19-9-21-14)15(17)11-4-6-12(18)7-5-11/h4-10H,2-3H2,1H3. The largest absolute Gasteiger partial charge is 0.496 e. The molecule has 0 N–H and O–H groups in total. The highest BCUT2D eigenvalue weighted by molar-refractivity contribution is 7.16. The van der Waals surface area contributed by atoms with E-state index in [9.17, 15) is 4.39 Å². The Bertz CT molecular complexity index is 806. The Labute approximate surface area is 126 Å². The van der Waals surface area contributed by atoms with Crippen molar-refractivity contribution in [1.29, 1.82) is 0 Å². The zero-order valence-corrected chi connectivity index (χ0v) is 12.4. The Kier molecular flexibility index (Phi) is 2.93. The molecule has 4 rings (SSSR count). The minimum Gasteiger partial charge on any atom is -0.496 e. The molecule has 2 nitrogen and oxygen atoms in total. The second-order valence-electron chi connectivity index (χ2n) is 5.35. The summed E-state index contributed by atoms with van der Waals surface area (Å²) in [6, 6.07) is 8.76. The number of benzene rings is 2. The molecule has 0 radical (unpaired) electrons. The minimum atomic E-state index is -0.231. The molecule has 0 saturated heterocycles. The molecule has 0 spiro atoms. The minimum absolute atomic E-state index is 0.231. The van der Waals surface area contributed by atoms with E-state index in [0.717, 1.165) is 27.1 Å². The van der Waals surface area contributed by atoms with Gasteiger partial charge in [-0.05, 0) is 48.1 Å². The number of nitrogens with zero attached hydrogens (tertiary/aromatic N) is 1. The molecule has 1 aliphatic carbocycles. The summed E-state index contributed by atoms with van der Waals surface area (Å²) in [6.45, 7) is 0. The van der Waals surface area contributed by atoms with Crippen LogP contribution >= 0.6 is 11.3 Å². The lowest BCUT2D eigenvalue weighted by Gasteiger charge is -2.14. The number of hydrogen-bond donors (Lipinski definition) is 0. The molecule has 1 aliphatic rings. The van der Waals surface area contributed by atoms with Crippen LogP contribution < -0.4 is 4.74 Å². The van der Waals surface area contributed by atoms with Crippen LogP contribution in [0.1, 0.15) is 24.3 Å². The molecule has 0 bridgehead atoms. The highest BCUT2D eigenvalue weighted by atomic mass is 32.1. The van der Waals surface area contributed by atoms with Crippen LogP contribution in [0.15, 0.2) is 35.8 Å². The van der Waals surface area contributed by atoms with Crippen LogP contribution in [-0.2, 0) is 0 Å². The highest BCUT2D eigenvalue weighted by Crippen LogP contribution is 2.50. The van der Waals surface area contributed by atoms with Crippen molar-refractivity contribution < 1.29 is 9.13 Å². The molecule has 21 heavy (non-hydrogen) atoms. The lowest BCUT2D eigenvalue weighted by molar-refractivity contribution is 0.412. The summed E-state index contributed by atoms with van der Waals surface area (Å²) < 4.78 is 20.1. The zero-order chi connectivity index (χ0) is 14.4. The average molecular weight is 299 g/mol. The fourth-order valence-corrected chi connectivity index (χ4v) is 3.54. The molecule has 1 aromatic heterocycles. The van der Waals surface area contributed by atoms with Crippen molar-refractivity contribution >= 4 is 21.6 Å². The van der Waals surface area contributed by atoms with Crippen molar-refractivity contribution in [1.82, 2.24) is 4.98 Å². The van der Waals surface area contributed by atoms with Crippen molar-refractivity contribution in [2.24, 2.45) is 0 Å². The Hall–Kier alpha value is -1.94. The van der Waals surface area contributed by atoms with E-state index >= 15 is 0 Å². The lowest BCUT2D eigenvalue weighted by Crippen LogP contribution is -1.95. The predicted octanol–water partition coefficient (Wildman–Crippen LogP) is 4.99. The van der Waals surface area contributed by atoms with Gasteiger partial charge in [0.2, 0.25) is 0 Å². The first-order chi connectivity index (χ1) is 10.3. The van der Waals surface area contributed by atoms with Gasteiger partial charge in [-0.25, -0.2) is 9.37 Å². The Balaban J connectivity index is 2.04. The third-order valence-corrected chi connectivity index (χ3v) is 4.74. The van der Waals surface area contributed by atoms with Gasteiger partial charge in [-0.15, -0.1) is 11.3 Å². The number of hydrogen-bond acceptors (Lipinski definition) is 3. The summed E-state index contributed by atoms with van der Waals surface area (Å²) in [4.78, 5) is 4.49. The van der Waals surface area contributed by atoms with Crippen LogP contribution in [0.3, 0.4) is 0 Å². The van der Waals surface area contributed by atoms with Crippen LogP contribution in [0, 0.1) is 5.82 Å². The van der Waals surface area contributed by atoms with Gasteiger partial charge in [0.15, 0.2) is 0 Å². The van der Waals surface area contributed by atoms with Gasteiger partial charge in [-0.2, -0.15) is 0 Å². The van der Waals surface area contributed by atoms with Gasteiger partial charge in [-0.3, -0.25) is 0 Å². The number of methoxy groups -OCH3 is 1. The number of thiazole rings is 1. The smallest absolute Gasteiger partial charge is 0.132 e. The molecular weight excluding hydrogens is 285 g/mol. The molecule has 0 unspecified atom stereocenters. The third-order valence-electron chi connectivity index (χ3n) is 3.96.